The summed E-state index contributed by atoms with van der Waals surface area (Å²) in [5.74, 6) is -2.15. The van der Waals surface area contributed by atoms with E-state index in [-0.39, 0.29) is 11.4 Å². The molecule has 0 aromatic heterocycles. The minimum atomic E-state index is -1.99. The van der Waals surface area contributed by atoms with Crippen LogP contribution in [0.15, 0.2) is 18.2 Å². The van der Waals surface area contributed by atoms with Gasteiger partial charge in [0.25, 0.3) is 0 Å². The van der Waals surface area contributed by atoms with Crippen molar-refractivity contribution < 1.29 is 18.7 Å². The van der Waals surface area contributed by atoms with Crippen molar-refractivity contribution in [2.45, 2.75) is 12.6 Å². The van der Waals surface area contributed by atoms with Gasteiger partial charge in [0.2, 0.25) is 6.17 Å². The molecule has 1 rings (SSSR count). The van der Waals surface area contributed by atoms with Crippen LogP contribution < -0.4 is 0 Å². The molecule has 0 aliphatic rings. The van der Waals surface area contributed by atoms with Crippen LogP contribution in [0.3, 0.4) is 0 Å². The summed E-state index contributed by atoms with van der Waals surface area (Å²) >= 11 is 5.43. The van der Waals surface area contributed by atoms with E-state index in [4.69, 9.17) is 16.7 Å². The van der Waals surface area contributed by atoms with Gasteiger partial charge < -0.3 is 5.11 Å². The second-order valence-electron chi connectivity index (χ2n) is 2.76. The molecule has 0 heterocycles. The van der Waals surface area contributed by atoms with Crippen molar-refractivity contribution in [1.82, 2.24) is 0 Å². The van der Waals surface area contributed by atoms with Crippen LogP contribution in [0.2, 0.25) is 5.02 Å². The Balaban J connectivity index is 2.78. The third-order valence-corrected chi connectivity index (χ3v) is 1.96. The van der Waals surface area contributed by atoms with Gasteiger partial charge in [-0.25, -0.2) is 13.6 Å². The zero-order valence-electron chi connectivity index (χ0n) is 7.01. The van der Waals surface area contributed by atoms with Crippen LogP contribution in [-0.4, -0.2) is 17.2 Å². The number of halogens is 3. The first-order chi connectivity index (χ1) is 6.50. The van der Waals surface area contributed by atoms with Crippen molar-refractivity contribution >= 4 is 17.6 Å². The smallest absolute Gasteiger partial charge is 0.338 e. The first kappa shape index (κ1) is 10.9. The molecular formula is C9H7ClF2O2. The summed E-state index contributed by atoms with van der Waals surface area (Å²) in [5.41, 5.74) is 0.353. The minimum absolute atomic E-state index is 0.139. The Morgan fingerprint density at radius 1 is 1.57 bits per heavy atom. The van der Waals surface area contributed by atoms with Crippen molar-refractivity contribution in [2.24, 2.45) is 0 Å². The Bertz CT molecular complexity index is 355. The molecule has 2 nitrogen and oxygen atoms in total. The third-order valence-electron chi connectivity index (χ3n) is 1.67. The lowest BCUT2D eigenvalue weighted by Crippen LogP contribution is -2.17. The van der Waals surface area contributed by atoms with E-state index in [0.29, 0.717) is 5.56 Å². The molecule has 0 saturated heterocycles. The molecule has 1 N–H and O–H groups in total. The number of benzene rings is 1. The first-order valence-electron chi connectivity index (χ1n) is 3.81. The molecule has 1 atom stereocenters. The van der Waals surface area contributed by atoms with Crippen molar-refractivity contribution in [3.63, 3.8) is 0 Å². The van der Waals surface area contributed by atoms with Crippen LogP contribution in [0.5, 0.6) is 0 Å². The van der Waals surface area contributed by atoms with Gasteiger partial charge in [-0.1, -0.05) is 17.7 Å². The SMILES string of the molecule is O=C(O)C(F)Cc1ccc(F)c(Cl)c1. The number of carboxylic acids is 1. The molecule has 0 spiro atoms. The normalized spacial score (nSPS) is 12.5. The van der Waals surface area contributed by atoms with Crippen molar-refractivity contribution in [1.29, 1.82) is 0 Å². The molecule has 0 radical (unpaired) electrons. The minimum Gasteiger partial charge on any atom is -0.479 e. The highest BCUT2D eigenvalue weighted by Gasteiger charge is 2.16. The van der Waals surface area contributed by atoms with E-state index in [2.05, 4.69) is 0 Å². The number of rotatable bonds is 3. The van der Waals surface area contributed by atoms with Gasteiger partial charge in [-0.05, 0) is 17.7 Å². The molecule has 76 valence electrons. The number of carbonyl (C=O) groups is 1. The van der Waals surface area contributed by atoms with Gasteiger partial charge >= 0.3 is 5.97 Å². The summed E-state index contributed by atoms with van der Waals surface area (Å²) in [6.07, 6.45) is -2.30. The molecule has 0 fully saturated rings. The lowest BCUT2D eigenvalue weighted by Gasteiger charge is -2.03. The van der Waals surface area contributed by atoms with E-state index in [1.807, 2.05) is 0 Å². The summed E-state index contributed by atoms with van der Waals surface area (Å²) in [6.45, 7) is 0. The zero-order chi connectivity index (χ0) is 10.7. The van der Waals surface area contributed by atoms with E-state index in [1.165, 1.54) is 12.1 Å². The standard InChI is InChI=1S/C9H7ClF2O2/c10-6-3-5(1-2-7(6)11)4-8(12)9(13)14/h1-3,8H,4H2,(H,13,14). The van der Waals surface area contributed by atoms with E-state index in [9.17, 15) is 13.6 Å². The fourth-order valence-corrected chi connectivity index (χ4v) is 1.16. The molecule has 0 aliphatic carbocycles. The van der Waals surface area contributed by atoms with E-state index < -0.39 is 18.0 Å². The number of alkyl halides is 1. The summed E-state index contributed by atoms with van der Waals surface area (Å²) in [5, 5.41) is 8.15. The Labute approximate surface area is 84.1 Å². The van der Waals surface area contributed by atoms with E-state index in [1.54, 1.807) is 0 Å². The first-order valence-corrected chi connectivity index (χ1v) is 4.19. The molecule has 0 amide bonds. The maximum atomic E-state index is 12.7. The molecule has 0 bridgehead atoms. The molecular weight excluding hydrogens is 214 g/mol. The van der Waals surface area contributed by atoms with Crippen molar-refractivity contribution in [2.75, 3.05) is 0 Å². The number of hydrogen-bond acceptors (Lipinski definition) is 1. The Morgan fingerprint density at radius 3 is 2.71 bits per heavy atom. The fraction of sp³-hybridized carbons (Fsp3) is 0.222. The molecule has 0 aliphatic heterocycles. The average molecular weight is 221 g/mol. The van der Waals surface area contributed by atoms with Crippen LogP contribution in [0.1, 0.15) is 5.56 Å². The predicted molar refractivity (Wildman–Crippen MR) is 47.6 cm³/mol. The van der Waals surface area contributed by atoms with Gasteiger partial charge in [-0.15, -0.1) is 0 Å². The molecule has 1 unspecified atom stereocenters. The summed E-state index contributed by atoms with van der Waals surface area (Å²) < 4.78 is 25.4. The van der Waals surface area contributed by atoms with E-state index >= 15 is 0 Å². The molecule has 5 heteroatoms. The van der Waals surface area contributed by atoms with Crippen LogP contribution in [0.25, 0.3) is 0 Å². The van der Waals surface area contributed by atoms with Gasteiger partial charge in [0.1, 0.15) is 5.82 Å². The predicted octanol–water partition coefficient (Wildman–Crippen LogP) is 2.44. The molecule has 1 aromatic carbocycles. The second kappa shape index (κ2) is 4.37. The largest absolute Gasteiger partial charge is 0.479 e. The van der Waals surface area contributed by atoms with Crippen LogP contribution in [0.4, 0.5) is 8.78 Å². The average Bonchev–Trinajstić information content (AvgIpc) is 2.11. The number of hydrogen-bond donors (Lipinski definition) is 1. The summed E-state index contributed by atoms with van der Waals surface area (Å²) in [7, 11) is 0. The highest BCUT2D eigenvalue weighted by Crippen LogP contribution is 2.17. The molecule has 14 heavy (non-hydrogen) atoms. The van der Waals surface area contributed by atoms with Crippen LogP contribution in [-0.2, 0) is 11.2 Å². The molecule has 1 aromatic rings. The monoisotopic (exact) mass is 220 g/mol. The highest BCUT2D eigenvalue weighted by molar-refractivity contribution is 6.30. The topological polar surface area (TPSA) is 37.3 Å². The van der Waals surface area contributed by atoms with Gasteiger partial charge in [0, 0.05) is 6.42 Å². The zero-order valence-corrected chi connectivity index (χ0v) is 7.76. The number of aliphatic carboxylic acids is 1. The van der Waals surface area contributed by atoms with Gasteiger partial charge in [0.15, 0.2) is 0 Å². The van der Waals surface area contributed by atoms with Crippen LogP contribution >= 0.6 is 11.6 Å². The van der Waals surface area contributed by atoms with Crippen molar-refractivity contribution in [3.05, 3.63) is 34.6 Å². The lowest BCUT2D eigenvalue weighted by atomic mass is 10.1. The Morgan fingerprint density at radius 2 is 2.21 bits per heavy atom. The van der Waals surface area contributed by atoms with Gasteiger partial charge in [-0.3, -0.25) is 0 Å². The maximum absolute atomic E-state index is 12.7. The number of carboxylic acid groups (broad SMARTS) is 1. The lowest BCUT2D eigenvalue weighted by molar-refractivity contribution is -0.142. The van der Waals surface area contributed by atoms with E-state index in [0.717, 1.165) is 6.07 Å². The summed E-state index contributed by atoms with van der Waals surface area (Å²) in [6, 6.07) is 3.59. The van der Waals surface area contributed by atoms with Gasteiger partial charge in [0.05, 0.1) is 5.02 Å². The van der Waals surface area contributed by atoms with Gasteiger partial charge in [-0.2, -0.15) is 0 Å². The fourth-order valence-electron chi connectivity index (χ4n) is 0.961. The van der Waals surface area contributed by atoms with Crippen molar-refractivity contribution in [3.8, 4) is 0 Å². The second-order valence-corrected chi connectivity index (χ2v) is 3.17. The maximum Gasteiger partial charge on any atom is 0.338 e. The summed E-state index contributed by atoms with van der Waals surface area (Å²) in [4.78, 5) is 10.2. The Kier molecular flexibility index (Phi) is 3.41. The molecule has 0 saturated carbocycles. The highest BCUT2D eigenvalue weighted by atomic mass is 35.5. The quantitative estimate of drug-likeness (QED) is 0.850. The third kappa shape index (κ3) is 2.67. The Hall–Kier alpha value is -1.16. The van der Waals surface area contributed by atoms with Crippen LogP contribution in [0, 0.1) is 5.82 Å².